The van der Waals surface area contributed by atoms with Crippen molar-refractivity contribution in [1.82, 2.24) is 25.2 Å². The van der Waals surface area contributed by atoms with Gasteiger partial charge in [0.05, 0.1) is 16.5 Å². The van der Waals surface area contributed by atoms with Crippen LogP contribution in [0.25, 0.3) is 32.9 Å². The number of nitrogens with one attached hydrogen (secondary N) is 1. The number of terminal acetylenes is 1. The second kappa shape index (κ2) is 11.8. The molecule has 4 aromatic rings. The monoisotopic (exact) mass is 609 g/mol. The molecule has 0 bridgehead atoms. The fourth-order valence-corrected chi connectivity index (χ4v) is 6.09. The first kappa shape index (κ1) is 30.0. The summed E-state index contributed by atoms with van der Waals surface area (Å²) in [5, 5.41) is 3.83. The molecule has 12 heteroatoms. The summed E-state index contributed by atoms with van der Waals surface area (Å²) in [6.45, 7) is 4.30. The van der Waals surface area contributed by atoms with Crippen LogP contribution in [0.5, 0.6) is 0 Å². The normalized spacial score (nSPS) is 18.1. The second-order valence-electron chi connectivity index (χ2n) is 11.5. The van der Waals surface area contributed by atoms with Crippen LogP contribution >= 0.6 is 0 Å². The van der Waals surface area contributed by atoms with E-state index in [-0.39, 0.29) is 33.5 Å². The molecule has 6 rings (SSSR count). The maximum atomic E-state index is 16.7. The Kier molecular flexibility index (Phi) is 8.02. The van der Waals surface area contributed by atoms with Crippen molar-refractivity contribution in [3.63, 3.8) is 0 Å². The molecule has 2 aliphatic rings. The summed E-state index contributed by atoms with van der Waals surface area (Å²) in [5.74, 6) is 1.29. The van der Waals surface area contributed by atoms with Gasteiger partial charge in [0.2, 0.25) is 5.95 Å². The molecule has 230 valence electrons. The lowest BCUT2D eigenvalue weighted by molar-refractivity contribution is -0.137. The third-order valence-electron chi connectivity index (χ3n) is 8.50. The van der Waals surface area contributed by atoms with Gasteiger partial charge < -0.3 is 20.0 Å². The van der Waals surface area contributed by atoms with Crippen LogP contribution < -0.4 is 15.1 Å². The quantitative estimate of drug-likeness (QED) is 0.239. The number of hydrogen-bond donors (Lipinski definition) is 1. The molecule has 0 amide bonds. The first-order valence-electron chi connectivity index (χ1n) is 14.6. The van der Waals surface area contributed by atoms with Gasteiger partial charge in [-0.3, -0.25) is 4.98 Å². The fourth-order valence-electron chi connectivity index (χ4n) is 6.09. The van der Waals surface area contributed by atoms with E-state index >= 15 is 4.39 Å². The predicted molar refractivity (Wildman–Crippen MR) is 162 cm³/mol. The third kappa shape index (κ3) is 5.62. The average molecular weight is 610 g/mol. The van der Waals surface area contributed by atoms with Crippen LogP contribution in [0.15, 0.2) is 30.5 Å². The zero-order valence-corrected chi connectivity index (χ0v) is 24.5. The van der Waals surface area contributed by atoms with Gasteiger partial charge in [-0.25, -0.2) is 13.8 Å². The van der Waals surface area contributed by atoms with E-state index in [1.54, 1.807) is 0 Å². The van der Waals surface area contributed by atoms with E-state index in [0.717, 1.165) is 57.1 Å². The van der Waals surface area contributed by atoms with Gasteiger partial charge in [0, 0.05) is 63.0 Å². The summed E-state index contributed by atoms with van der Waals surface area (Å²) in [4.78, 5) is 19.9. The number of piperazine rings is 1. The van der Waals surface area contributed by atoms with Crippen molar-refractivity contribution >= 4 is 33.4 Å². The minimum atomic E-state index is -4.75. The molecular weight excluding hydrogens is 577 g/mol. The van der Waals surface area contributed by atoms with Gasteiger partial charge in [-0.05, 0) is 50.0 Å². The second-order valence-corrected chi connectivity index (χ2v) is 11.5. The first-order chi connectivity index (χ1) is 21.0. The Morgan fingerprint density at radius 1 is 1.09 bits per heavy atom. The Balaban J connectivity index is 1.57. The molecule has 0 saturated carbocycles. The summed E-state index contributed by atoms with van der Waals surface area (Å²) in [7, 11) is 3.89. The molecule has 7 nitrogen and oxygen atoms in total. The molecule has 2 fully saturated rings. The van der Waals surface area contributed by atoms with Crippen molar-refractivity contribution in [1.29, 1.82) is 0 Å². The third-order valence-corrected chi connectivity index (χ3v) is 8.50. The Morgan fingerprint density at radius 2 is 1.86 bits per heavy atom. The lowest BCUT2D eigenvalue weighted by atomic mass is 9.93. The van der Waals surface area contributed by atoms with Gasteiger partial charge in [-0.1, -0.05) is 18.4 Å². The van der Waals surface area contributed by atoms with Crippen molar-refractivity contribution in [2.24, 2.45) is 0 Å². The molecule has 0 spiro atoms. The summed E-state index contributed by atoms with van der Waals surface area (Å²) >= 11 is 0. The molecule has 1 N–H and O–H groups in total. The van der Waals surface area contributed by atoms with E-state index < -0.39 is 29.1 Å². The summed E-state index contributed by atoms with van der Waals surface area (Å²) in [5.41, 5.74) is -2.04. The van der Waals surface area contributed by atoms with Crippen LogP contribution in [-0.2, 0) is 6.18 Å². The highest BCUT2D eigenvalue weighted by atomic mass is 19.4. The Bertz CT molecular complexity index is 1750. The van der Waals surface area contributed by atoms with Crippen LogP contribution in [-0.4, -0.2) is 79.3 Å². The van der Waals surface area contributed by atoms with Gasteiger partial charge >= 0.3 is 6.18 Å². The first-order valence-corrected chi connectivity index (χ1v) is 14.6. The lowest BCUT2D eigenvalue weighted by Crippen LogP contribution is -2.45. The van der Waals surface area contributed by atoms with Gasteiger partial charge in [0.15, 0.2) is 5.82 Å². The molecule has 4 heterocycles. The number of benzene rings is 2. The number of pyridine rings is 1. The number of hydrogen-bond acceptors (Lipinski definition) is 7. The van der Waals surface area contributed by atoms with Crippen molar-refractivity contribution in [3.8, 4) is 23.6 Å². The number of anilines is 2. The zero-order valence-electron chi connectivity index (χ0n) is 24.5. The Labute approximate surface area is 252 Å². The standard InChI is InChI=1S/C32H32F5N7/c1-4-22-25(33)9-8-19-15-20(32(35,36)37)16-23(26(19)22)28-27(34)29-24(17-39-28)30(43(3)18-21-7-5-6-10-38-21)41-31(40-29)44-13-11-42(2)12-14-44/h1,8-9,15-17,21,38H,5-7,10-14,18H2,2-3H3/t21-/m1/s1. The van der Waals surface area contributed by atoms with Gasteiger partial charge in [0.25, 0.3) is 0 Å². The fraction of sp³-hybridized carbons (Fsp3) is 0.406. The molecule has 1 atom stereocenters. The van der Waals surface area contributed by atoms with Gasteiger partial charge in [-0.2, -0.15) is 18.2 Å². The average Bonchev–Trinajstić information content (AvgIpc) is 3.01. The molecule has 0 radical (unpaired) electrons. The molecule has 2 aliphatic heterocycles. The smallest absolute Gasteiger partial charge is 0.357 e. The number of alkyl halides is 3. The SMILES string of the molecule is C#Cc1c(F)ccc2cc(C(F)(F)F)cc(-c3ncc4c(N(C)C[C@H]5CCCCN5)nc(N5CCN(C)CC5)nc4c3F)c12. The maximum Gasteiger partial charge on any atom is 0.416 e. The highest BCUT2D eigenvalue weighted by Crippen LogP contribution is 2.41. The molecule has 2 saturated heterocycles. The lowest BCUT2D eigenvalue weighted by Gasteiger charge is -2.33. The van der Waals surface area contributed by atoms with E-state index in [1.165, 1.54) is 12.3 Å². The Morgan fingerprint density at radius 3 is 2.55 bits per heavy atom. The van der Waals surface area contributed by atoms with Crippen LogP contribution in [0.4, 0.5) is 33.7 Å². The van der Waals surface area contributed by atoms with E-state index in [4.69, 9.17) is 11.4 Å². The number of fused-ring (bicyclic) bond motifs is 2. The number of likely N-dealkylation sites (N-methyl/N-ethyl adjacent to an activating group) is 2. The summed E-state index contributed by atoms with van der Waals surface area (Å²) in [6, 6.07) is 4.06. The Hall–Kier alpha value is -4.08. The molecule has 44 heavy (non-hydrogen) atoms. The molecule has 0 aliphatic carbocycles. The van der Waals surface area contributed by atoms with Crippen LogP contribution in [0.1, 0.15) is 30.4 Å². The maximum absolute atomic E-state index is 16.7. The van der Waals surface area contributed by atoms with Crippen LogP contribution in [0, 0.1) is 24.0 Å². The van der Waals surface area contributed by atoms with E-state index in [2.05, 4.69) is 26.1 Å². The molecule has 0 unspecified atom stereocenters. The summed E-state index contributed by atoms with van der Waals surface area (Å²) < 4.78 is 73.5. The number of aromatic nitrogens is 3. The number of nitrogens with zero attached hydrogens (tertiary/aromatic N) is 6. The number of rotatable bonds is 5. The largest absolute Gasteiger partial charge is 0.416 e. The highest BCUT2D eigenvalue weighted by Gasteiger charge is 2.33. The minimum absolute atomic E-state index is 0.0201. The molecular formula is C32H32F5N7. The van der Waals surface area contributed by atoms with E-state index in [0.29, 0.717) is 36.8 Å². The predicted octanol–water partition coefficient (Wildman–Crippen LogP) is 5.45. The molecule has 2 aromatic carbocycles. The molecule has 2 aromatic heterocycles. The van der Waals surface area contributed by atoms with Crippen molar-refractivity contribution in [2.45, 2.75) is 31.5 Å². The number of piperidine rings is 1. The van der Waals surface area contributed by atoms with Crippen LogP contribution in [0.3, 0.4) is 0 Å². The van der Waals surface area contributed by atoms with Gasteiger partial charge in [-0.15, -0.1) is 6.42 Å². The van der Waals surface area contributed by atoms with Gasteiger partial charge in [0.1, 0.15) is 22.8 Å². The summed E-state index contributed by atoms with van der Waals surface area (Å²) in [6.07, 6.45) is 5.43. The highest BCUT2D eigenvalue weighted by molar-refractivity contribution is 6.02. The minimum Gasteiger partial charge on any atom is -0.357 e. The van der Waals surface area contributed by atoms with Crippen LogP contribution in [0.2, 0.25) is 0 Å². The number of halogens is 5. The van der Waals surface area contributed by atoms with Crippen molar-refractivity contribution in [3.05, 3.63) is 53.2 Å². The van der Waals surface area contributed by atoms with E-state index in [1.807, 2.05) is 23.9 Å². The zero-order chi connectivity index (χ0) is 31.2. The topological polar surface area (TPSA) is 60.4 Å². The van der Waals surface area contributed by atoms with E-state index in [9.17, 15) is 17.6 Å². The van der Waals surface area contributed by atoms with Crippen molar-refractivity contribution < 1.29 is 22.0 Å². The van der Waals surface area contributed by atoms with Crippen molar-refractivity contribution in [2.75, 3.05) is 63.2 Å².